The van der Waals surface area contributed by atoms with Crippen LogP contribution in [0, 0.1) is 5.92 Å². The molecule has 6 nitrogen and oxygen atoms in total. The van der Waals surface area contributed by atoms with Crippen molar-refractivity contribution in [3.8, 4) is 0 Å². The van der Waals surface area contributed by atoms with Crippen LogP contribution in [0.15, 0.2) is 0 Å². The lowest BCUT2D eigenvalue weighted by molar-refractivity contribution is -0.112. The van der Waals surface area contributed by atoms with Crippen LogP contribution in [0.1, 0.15) is 13.8 Å². The van der Waals surface area contributed by atoms with E-state index in [4.69, 9.17) is 10.5 Å². The first-order valence-corrected chi connectivity index (χ1v) is 6.37. The predicted octanol–water partition coefficient (Wildman–Crippen LogP) is -0.0772. The molecule has 2 N–H and O–H groups in total. The number of morpholine rings is 1. The molecule has 0 bridgehead atoms. The second-order valence-corrected chi connectivity index (χ2v) is 4.86. The van der Waals surface area contributed by atoms with E-state index in [2.05, 4.69) is 4.90 Å². The van der Waals surface area contributed by atoms with E-state index < -0.39 is 12.1 Å². The number of aldehydes is 1. The fourth-order valence-corrected chi connectivity index (χ4v) is 2.07. The lowest BCUT2D eigenvalue weighted by Crippen LogP contribution is -2.51. The second-order valence-electron chi connectivity index (χ2n) is 4.86. The van der Waals surface area contributed by atoms with Gasteiger partial charge in [0.2, 0.25) is 0 Å². The predicted molar refractivity (Wildman–Crippen MR) is 68.2 cm³/mol. The Balaban J connectivity index is 2.51. The van der Waals surface area contributed by atoms with Gasteiger partial charge in [0.1, 0.15) is 6.29 Å². The minimum atomic E-state index is -0.533. The average molecular weight is 257 g/mol. The van der Waals surface area contributed by atoms with E-state index in [1.807, 2.05) is 13.8 Å². The Morgan fingerprint density at radius 2 is 2.06 bits per heavy atom. The number of hydrogen-bond acceptors (Lipinski definition) is 4. The van der Waals surface area contributed by atoms with Gasteiger partial charge in [-0.15, -0.1) is 0 Å². The molecule has 1 saturated heterocycles. The molecule has 0 aromatic heterocycles. The Bertz CT molecular complexity index is 278. The van der Waals surface area contributed by atoms with Gasteiger partial charge < -0.3 is 20.2 Å². The van der Waals surface area contributed by atoms with Crippen molar-refractivity contribution in [1.82, 2.24) is 9.80 Å². The van der Waals surface area contributed by atoms with Gasteiger partial charge in [-0.3, -0.25) is 4.90 Å². The summed E-state index contributed by atoms with van der Waals surface area (Å²) in [4.78, 5) is 26.1. The van der Waals surface area contributed by atoms with Gasteiger partial charge in [0.05, 0.1) is 19.3 Å². The normalized spacial score (nSPS) is 18.6. The summed E-state index contributed by atoms with van der Waals surface area (Å²) < 4.78 is 5.26. The third kappa shape index (κ3) is 4.27. The number of primary amides is 1. The van der Waals surface area contributed by atoms with Crippen LogP contribution in [0.4, 0.5) is 4.79 Å². The topological polar surface area (TPSA) is 75.9 Å². The maximum Gasteiger partial charge on any atom is 0.315 e. The molecular formula is C12H23N3O3. The monoisotopic (exact) mass is 257 g/mol. The van der Waals surface area contributed by atoms with Crippen molar-refractivity contribution in [1.29, 1.82) is 0 Å². The summed E-state index contributed by atoms with van der Waals surface area (Å²) in [5.74, 6) is 0.0692. The SMILES string of the molecule is CC(C)[C@@H](C=O)N(CCN1CCOCC1)C(N)=O. The number of ether oxygens (including phenoxy) is 1. The molecule has 0 radical (unpaired) electrons. The molecule has 6 heteroatoms. The summed E-state index contributed by atoms with van der Waals surface area (Å²) in [6, 6.07) is -0.974. The third-order valence-electron chi connectivity index (χ3n) is 3.23. The average Bonchev–Trinajstić information content (AvgIpc) is 2.34. The third-order valence-corrected chi connectivity index (χ3v) is 3.23. The molecule has 1 aliphatic heterocycles. The Labute approximate surface area is 108 Å². The standard InChI is InChI=1S/C12H23N3O3/c1-10(2)11(9-16)15(12(13)17)4-3-14-5-7-18-8-6-14/h9-11H,3-8H2,1-2H3,(H2,13,17)/t11-/m1/s1. The van der Waals surface area contributed by atoms with Gasteiger partial charge in [-0.1, -0.05) is 13.8 Å². The molecule has 1 atom stereocenters. The van der Waals surface area contributed by atoms with Crippen molar-refractivity contribution in [3.63, 3.8) is 0 Å². The van der Waals surface area contributed by atoms with Crippen molar-refractivity contribution >= 4 is 12.3 Å². The van der Waals surface area contributed by atoms with Gasteiger partial charge in [0.15, 0.2) is 0 Å². The first-order valence-electron chi connectivity index (χ1n) is 6.37. The van der Waals surface area contributed by atoms with Gasteiger partial charge >= 0.3 is 6.03 Å². The number of nitrogens with zero attached hydrogens (tertiary/aromatic N) is 2. The summed E-state index contributed by atoms with van der Waals surface area (Å²) in [6.45, 7) is 8.18. The van der Waals surface area contributed by atoms with E-state index in [1.54, 1.807) is 0 Å². The number of carbonyl (C=O) groups is 2. The Kier molecular flexibility index (Phi) is 6.07. The van der Waals surface area contributed by atoms with E-state index in [0.717, 1.165) is 39.1 Å². The van der Waals surface area contributed by atoms with E-state index in [-0.39, 0.29) is 5.92 Å². The summed E-state index contributed by atoms with van der Waals surface area (Å²) >= 11 is 0. The number of urea groups is 1. The Hall–Kier alpha value is -1.14. The fourth-order valence-electron chi connectivity index (χ4n) is 2.07. The van der Waals surface area contributed by atoms with E-state index in [1.165, 1.54) is 4.90 Å². The van der Waals surface area contributed by atoms with E-state index >= 15 is 0 Å². The molecule has 1 heterocycles. The van der Waals surface area contributed by atoms with Crippen LogP contribution in [0.5, 0.6) is 0 Å². The molecule has 0 aliphatic carbocycles. The number of carbonyl (C=O) groups excluding carboxylic acids is 2. The number of hydrogen-bond donors (Lipinski definition) is 1. The smallest absolute Gasteiger partial charge is 0.315 e. The molecule has 0 saturated carbocycles. The molecule has 0 unspecified atom stereocenters. The van der Waals surface area contributed by atoms with Crippen LogP contribution in [0.2, 0.25) is 0 Å². The lowest BCUT2D eigenvalue weighted by atomic mass is 10.0. The van der Waals surface area contributed by atoms with Crippen LogP contribution >= 0.6 is 0 Å². The number of nitrogens with two attached hydrogens (primary N) is 1. The summed E-state index contributed by atoms with van der Waals surface area (Å²) in [6.07, 6.45) is 0.800. The van der Waals surface area contributed by atoms with Crippen molar-refractivity contribution in [3.05, 3.63) is 0 Å². The molecule has 2 amide bonds. The fraction of sp³-hybridized carbons (Fsp3) is 0.833. The van der Waals surface area contributed by atoms with Crippen LogP contribution in [0.3, 0.4) is 0 Å². The van der Waals surface area contributed by atoms with E-state index in [9.17, 15) is 9.59 Å². The Morgan fingerprint density at radius 3 is 2.50 bits per heavy atom. The summed E-state index contributed by atoms with van der Waals surface area (Å²) in [5, 5.41) is 0. The van der Waals surface area contributed by atoms with Crippen molar-refractivity contribution in [2.75, 3.05) is 39.4 Å². The van der Waals surface area contributed by atoms with Crippen molar-refractivity contribution < 1.29 is 14.3 Å². The zero-order valence-corrected chi connectivity index (χ0v) is 11.2. The van der Waals surface area contributed by atoms with Crippen LogP contribution < -0.4 is 5.73 Å². The highest BCUT2D eigenvalue weighted by Crippen LogP contribution is 2.09. The van der Waals surface area contributed by atoms with Gasteiger partial charge in [0, 0.05) is 26.2 Å². The van der Waals surface area contributed by atoms with Gasteiger partial charge in [-0.05, 0) is 5.92 Å². The number of amides is 2. The molecule has 0 aromatic carbocycles. The molecule has 1 fully saturated rings. The highest BCUT2D eigenvalue weighted by atomic mass is 16.5. The molecule has 0 spiro atoms. The van der Waals surface area contributed by atoms with Gasteiger partial charge in [0.25, 0.3) is 0 Å². The maximum absolute atomic E-state index is 11.4. The zero-order valence-electron chi connectivity index (χ0n) is 11.2. The van der Waals surface area contributed by atoms with Gasteiger partial charge in [-0.2, -0.15) is 0 Å². The number of rotatable bonds is 6. The first kappa shape index (κ1) is 14.9. The molecule has 104 valence electrons. The van der Waals surface area contributed by atoms with Crippen LogP contribution in [-0.2, 0) is 9.53 Å². The van der Waals surface area contributed by atoms with E-state index in [0.29, 0.717) is 6.54 Å². The maximum atomic E-state index is 11.4. The van der Waals surface area contributed by atoms with Crippen molar-refractivity contribution in [2.24, 2.45) is 11.7 Å². The van der Waals surface area contributed by atoms with Gasteiger partial charge in [-0.25, -0.2) is 4.79 Å². The summed E-state index contributed by atoms with van der Waals surface area (Å²) in [7, 11) is 0. The Morgan fingerprint density at radius 1 is 1.44 bits per heavy atom. The van der Waals surface area contributed by atoms with Crippen LogP contribution in [-0.4, -0.2) is 67.6 Å². The zero-order chi connectivity index (χ0) is 13.5. The molecular weight excluding hydrogens is 234 g/mol. The molecule has 18 heavy (non-hydrogen) atoms. The minimum Gasteiger partial charge on any atom is -0.379 e. The summed E-state index contributed by atoms with van der Waals surface area (Å²) in [5.41, 5.74) is 5.35. The highest BCUT2D eigenvalue weighted by molar-refractivity contribution is 5.76. The minimum absolute atomic E-state index is 0.0692. The van der Waals surface area contributed by atoms with Crippen molar-refractivity contribution in [2.45, 2.75) is 19.9 Å². The van der Waals surface area contributed by atoms with Crippen LogP contribution in [0.25, 0.3) is 0 Å². The lowest BCUT2D eigenvalue weighted by Gasteiger charge is -2.33. The highest BCUT2D eigenvalue weighted by Gasteiger charge is 2.24. The molecule has 1 aliphatic rings. The first-order chi connectivity index (χ1) is 8.56. The molecule has 0 aromatic rings. The largest absolute Gasteiger partial charge is 0.379 e. The molecule has 1 rings (SSSR count). The quantitative estimate of drug-likeness (QED) is 0.675. The second kappa shape index (κ2) is 7.33.